The Hall–Kier alpha value is -2.80. The monoisotopic (exact) mass is 252 g/mol. The molecule has 0 amide bonds. The van der Waals surface area contributed by atoms with Crippen LogP contribution < -0.4 is 5.73 Å². The third-order valence-corrected chi connectivity index (χ3v) is 2.55. The van der Waals surface area contributed by atoms with E-state index in [4.69, 9.17) is 15.7 Å². The van der Waals surface area contributed by atoms with Gasteiger partial charge in [-0.3, -0.25) is 0 Å². The standard InChI is InChI=1S/C15H12N2O2/c16-9-11-3-1-4-12(7-11)10-19-15(18)13-5-2-6-14(17)8-13/h1-8H,10,17H2. The highest BCUT2D eigenvalue weighted by atomic mass is 16.5. The minimum absolute atomic E-state index is 0.128. The highest BCUT2D eigenvalue weighted by Gasteiger charge is 2.07. The number of esters is 1. The fraction of sp³-hybridized carbons (Fsp3) is 0.0667. The molecule has 0 saturated heterocycles. The van der Waals surface area contributed by atoms with Gasteiger partial charge in [-0.05, 0) is 35.9 Å². The van der Waals surface area contributed by atoms with Crippen molar-refractivity contribution in [2.24, 2.45) is 0 Å². The number of nitrogens with zero attached hydrogens (tertiary/aromatic N) is 1. The van der Waals surface area contributed by atoms with Gasteiger partial charge in [-0.1, -0.05) is 18.2 Å². The lowest BCUT2D eigenvalue weighted by Crippen LogP contribution is -2.05. The summed E-state index contributed by atoms with van der Waals surface area (Å²) in [6.45, 7) is 0.128. The zero-order chi connectivity index (χ0) is 13.7. The Labute approximate surface area is 111 Å². The Kier molecular flexibility index (Phi) is 3.79. The summed E-state index contributed by atoms with van der Waals surface area (Å²) in [4.78, 5) is 11.8. The number of carbonyl (C=O) groups excluding carboxylic acids is 1. The number of hydrogen-bond acceptors (Lipinski definition) is 4. The van der Waals surface area contributed by atoms with Crippen LogP contribution >= 0.6 is 0 Å². The van der Waals surface area contributed by atoms with E-state index in [1.54, 1.807) is 48.5 Å². The second-order valence-electron chi connectivity index (χ2n) is 4.01. The first-order valence-electron chi connectivity index (χ1n) is 5.71. The van der Waals surface area contributed by atoms with E-state index in [0.717, 1.165) is 5.56 Å². The Bertz CT molecular complexity index is 645. The normalized spacial score (nSPS) is 9.63. The molecule has 0 spiro atoms. The van der Waals surface area contributed by atoms with Crippen LogP contribution in [0.25, 0.3) is 0 Å². The molecule has 0 saturated carbocycles. The quantitative estimate of drug-likeness (QED) is 0.672. The van der Waals surface area contributed by atoms with Gasteiger partial charge in [0.25, 0.3) is 0 Å². The summed E-state index contributed by atoms with van der Waals surface area (Å²) in [6.07, 6.45) is 0. The molecule has 2 aromatic carbocycles. The molecule has 2 rings (SSSR count). The van der Waals surface area contributed by atoms with Gasteiger partial charge in [-0.2, -0.15) is 5.26 Å². The number of nitriles is 1. The molecule has 2 N–H and O–H groups in total. The predicted molar refractivity (Wildman–Crippen MR) is 71.1 cm³/mol. The molecule has 0 heterocycles. The first-order chi connectivity index (χ1) is 9.19. The molecule has 2 aromatic rings. The summed E-state index contributed by atoms with van der Waals surface area (Å²) in [5.74, 6) is -0.435. The topological polar surface area (TPSA) is 76.1 Å². The Morgan fingerprint density at radius 3 is 2.74 bits per heavy atom. The van der Waals surface area contributed by atoms with Crippen molar-refractivity contribution in [3.63, 3.8) is 0 Å². The second-order valence-corrected chi connectivity index (χ2v) is 4.01. The molecule has 4 nitrogen and oxygen atoms in total. The summed E-state index contributed by atoms with van der Waals surface area (Å²) >= 11 is 0. The third-order valence-electron chi connectivity index (χ3n) is 2.55. The van der Waals surface area contributed by atoms with E-state index >= 15 is 0 Å². The van der Waals surface area contributed by atoms with Crippen molar-refractivity contribution in [3.8, 4) is 6.07 Å². The number of carbonyl (C=O) groups is 1. The zero-order valence-electron chi connectivity index (χ0n) is 10.2. The molecule has 19 heavy (non-hydrogen) atoms. The zero-order valence-corrected chi connectivity index (χ0v) is 10.2. The average molecular weight is 252 g/mol. The van der Waals surface area contributed by atoms with Crippen LogP contribution in [0.3, 0.4) is 0 Å². The number of nitrogens with two attached hydrogens (primary N) is 1. The molecule has 0 radical (unpaired) electrons. The summed E-state index contributed by atoms with van der Waals surface area (Å²) in [5, 5.41) is 8.78. The van der Waals surface area contributed by atoms with Crippen molar-refractivity contribution < 1.29 is 9.53 Å². The number of anilines is 1. The molecule has 0 aliphatic heterocycles. The van der Waals surface area contributed by atoms with Gasteiger partial charge >= 0.3 is 5.97 Å². The molecule has 0 aliphatic carbocycles. The number of hydrogen-bond donors (Lipinski definition) is 1. The van der Waals surface area contributed by atoms with E-state index in [1.165, 1.54) is 0 Å². The van der Waals surface area contributed by atoms with Gasteiger partial charge in [0.05, 0.1) is 17.2 Å². The van der Waals surface area contributed by atoms with Gasteiger partial charge < -0.3 is 10.5 Å². The lowest BCUT2D eigenvalue weighted by molar-refractivity contribution is 0.0473. The average Bonchev–Trinajstić information content (AvgIpc) is 2.45. The Morgan fingerprint density at radius 2 is 2.00 bits per heavy atom. The number of rotatable bonds is 3. The summed E-state index contributed by atoms with van der Waals surface area (Å²) in [5.41, 5.74) is 7.84. The van der Waals surface area contributed by atoms with E-state index < -0.39 is 5.97 Å². The van der Waals surface area contributed by atoms with E-state index in [-0.39, 0.29) is 6.61 Å². The van der Waals surface area contributed by atoms with Crippen LogP contribution in [-0.2, 0) is 11.3 Å². The molecule has 4 heteroatoms. The molecular weight excluding hydrogens is 240 g/mol. The SMILES string of the molecule is N#Cc1cccc(COC(=O)c2cccc(N)c2)c1. The number of ether oxygens (including phenoxy) is 1. The number of nitrogen functional groups attached to an aromatic ring is 1. The summed E-state index contributed by atoms with van der Waals surface area (Å²) in [6, 6.07) is 15.6. The van der Waals surface area contributed by atoms with E-state index in [1.807, 2.05) is 6.07 Å². The molecule has 0 fully saturated rings. The molecule has 0 atom stereocenters. The minimum Gasteiger partial charge on any atom is -0.457 e. The van der Waals surface area contributed by atoms with Gasteiger partial charge in [-0.15, -0.1) is 0 Å². The second kappa shape index (κ2) is 5.69. The van der Waals surface area contributed by atoms with Crippen LogP contribution in [0, 0.1) is 11.3 Å². The van der Waals surface area contributed by atoms with Crippen molar-refractivity contribution in [2.75, 3.05) is 5.73 Å². The van der Waals surface area contributed by atoms with Crippen LogP contribution in [0.2, 0.25) is 0 Å². The van der Waals surface area contributed by atoms with Crippen LogP contribution in [0.1, 0.15) is 21.5 Å². The minimum atomic E-state index is -0.435. The number of benzene rings is 2. The largest absolute Gasteiger partial charge is 0.457 e. The van der Waals surface area contributed by atoms with Gasteiger partial charge in [-0.25, -0.2) is 4.79 Å². The predicted octanol–water partition coefficient (Wildman–Crippen LogP) is 2.50. The maximum Gasteiger partial charge on any atom is 0.338 e. The van der Waals surface area contributed by atoms with Crippen molar-refractivity contribution in [2.45, 2.75) is 6.61 Å². The Morgan fingerprint density at radius 1 is 1.21 bits per heavy atom. The lowest BCUT2D eigenvalue weighted by Gasteiger charge is -2.05. The van der Waals surface area contributed by atoms with Crippen LogP contribution in [-0.4, -0.2) is 5.97 Å². The highest BCUT2D eigenvalue weighted by Crippen LogP contribution is 2.10. The molecular formula is C15H12N2O2. The van der Waals surface area contributed by atoms with Crippen molar-refractivity contribution in [1.82, 2.24) is 0 Å². The molecule has 0 aliphatic rings. The van der Waals surface area contributed by atoms with Crippen molar-refractivity contribution in [3.05, 3.63) is 65.2 Å². The van der Waals surface area contributed by atoms with Gasteiger partial charge in [0.2, 0.25) is 0 Å². The molecule has 0 aromatic heterocycles. The maximum absolute atomic E-state index is 11.8. The maximum atomic E-state index is 11.8. The lowest BCUT2D eigenvalue weighted by atomic mass is 10.1. The smallest absolute Gasteiger partial charge is 0.338 e. The van der Waals surface area contributed by atoms with Crippen LogP contribution in [0.5, 0.6) is 0 Å². The van der Waals surface area contributed by atoms with Crippen LogP contribution in [0.15, 0.2) is 48.5 Å². The highest BCUT2D eigenvalue weighted by molar-refractivity contribution is 5.90. The first kappa shape index (κ1) is 12.7. The fourth-order valence-corrected chi connectivity index (χ4v) is 1.63. The molecule has 94 valence electrons. The first-order valence-corrected chi connectivity index (χ1v) is 5.71. The van der Waals surface area contributed by atoms with Crippen LogP contribution in [0.4, 0.5) is 5.69 Å². The van der Waals surface area contributed by atoms with E-state index in [0.29, 0.717) is 16.8 Å². The van der Waals surface area contributed by atoms with Gasteiger partial charge in [0.15, 0.2) is 0 Å². The third kappa shape index (κ3) is 3.33. The van der Waals surface area contributed by atoms with E-state index in [9.17, 15) is 4.79 Å². The molecule has 0 unspecified atom stereocenters. The van der Waals surface area contributed by atoms with Gasteiger partial charge in [0, 0.05) is 5.69 Å². The summed E-state index contributed by atoms with van der Waals surface area (Å²) < 4.78 is 5.16. The van der Waals surface area contributed by atoms with Crippen molar-refractivity contribution in [1.29, 1.82) is 5.26 Å². The fourth-order valence-electron chi connectivity index (χ4n) is 1.63. The van der Waals surface area contributed by atoms with E-state index in [2.05, 4.69) is 0 Å². The van der Waals surface area contributed by atoms with Gasteiger partial charge in [0.1, 0.15) is 6.61 Å². The summed E-state index contributed by atoms with van der Waals surface area (Å²) in [7, 11) is 0. The molecule has 0 bridgehead atoms. The van der Waals surface area contributed by atoms with Crippen molar-refractivity contribution >= 4 is 11.7 Å². The Balaban J connectivity index is 2.02.